The van der Waals surface area contributed by atoms with E-state index in [-0.39, 0.29) is 0 Å². The summed E-state index contributed by atoms with van der Waals surface area (Å²) >= 11 is 0. The van der Waals surface area contributed by atoms with Gasteiger partial charge in [0, 0.05) is 22.6 Å². The molecule has 0 radical (unpaired) electrons. The Kier molecular flexibility index (Phi) is 6.78. The lowest BCUT2D eigenvalue weighted by Crippen LogP contribution is -2.32. The molecule has 0 atom stereocenters. The Morgan fingerprint density at radius 2 is 1.69 bits per heavy atom. The molecule has 2 aromatic carbocycles. The molecule has 0 unspecified atom stereocenters. The highest BCUT2D eigenvalue weighted by Gasteiger charge is 2.15. The smallest absolute Gasteiger partial charge is 0.329 e. The van der Waals surface area contributed by atoms with E-state index < -0.39 is 11.8 Å². The van der Waals surface area contributed by atoms with E-state index in [1.54, 1.807) is 13.2 Å². The predicted molar refractivity (Wildman–Crippen MR) is 127 cm³/mol. The molecule has 2 N–H and O–H groups in total. The van der Waals surface area contributed by atoms with Crippen LogP contribution in [0, 0.1) is 34.6 Å². The van der Waals surface area contributed by atoms with Crippen molar-refractivity contribution in [3.63, 3.8) is 0 Å². The van der Waals surface area contributed by atoms with Gasteiger partial charge in [-0.2, -0.15) is 5.10 Å². The number of anilines is 1. The second-order valence-electron chi connectivity index (χ2n) is 7.79. The minimum absolute atomic E-state index is 0.563. The van der Waals surface area contributed by atoms with Gasteiger partial charge in [-0.05, 0) is 81.6 Å². The van der Waals surface area contributed by atoms with Gasteiger partial charge in [-0.1, -0.05) is 12.1 Å². The Morgan fingerprint density at radius 3 is 2.38 bits per heavy atom. The maximum atomic E-state index is 12.1. The summed E-state index contributed by atoms with van der Waals surface area (Å²) < 4.78 is 7.59. The standard InChI is InChI=1S/C25H28N4O3/c1-15-7-10-23(32-6)22(11-15)29-18(4)13-20(19(29)5)14-26-28-25(31)24(30)27-21-9-8-16(2)17(3)12-21/h7-14H,1-6H3,(H,27,30)(H,28,31)/b26-14-. The van der Waals surface area contributed by atoms with Crippen LogP contribution in [0.15, 0.2) is 47.6 Å². The molecule has 0 fully saturated rings. The number of hydrogen-bond donors (Lipinski definition) is 2. The molecule has 7 heteroatoms. The summed E-state index contributed by atoms with van der Waals surface area (Å²) in [5, 5.41) is 6.55. The van der Waals surface area contributed by atoms with Crippen molar-refractivity contribution in [3.8, 4) is 11.4 Å². The van der Waals surface area contributed by atoms with Gasteiger partial charge in [0.05, 0.1) is 19.0 Å². The summed E-state index contributed by atoms with van der Waals surface area (Å²) in [4.78, 5) is 24.3. The lowest BCUT2D eigenvalue weighted by Gasteiger charge is -2.14. The highest BCUT2D eigenvalue weighted by molar-refractivity contribution is 6.39. The van der Waals surface area contributed by atoms with E-state index >= 15 is 0 Å². The number of carbonyl (C=O) groups excluding carboxylic acids is 2. The number of amides is 2. The third-order valence-corrected chi connectivity index (χ3v) is 5.39. The first-order valence-corrected chi connectivity index (χ1v) is 10.3. The number of aromatic nitrogens is 1. The van der Waals surface area contributed by atoms with Crippen LogP contribution in [0.3, 0.4) is 0 Å². The van der Waals surface area contributed by atoms with Crippen molar-refractivity contribution < 1.29 is 14.3 Å². The van der Waals surface area contributed by atoms with Crippen LogP contribution in [-0.4, -0.2) is 29.7 Å². The molecule has 0 bridgehead atoms. The predicted octanol–water partition coefficient (Wildman–Crippen LogP) is 4.12. The molecule has 166 valence electrons. The van der Waals surface area contributed by atoms with Crippen molar-refractivity contribution in [1.29, 1.82) is 0 Å². The minimum atomic E-state index is -0.839. The molecule has 0 spiro atoms. The van der Waals surface area contributed by atoms with Gasteiger partial charge in [0.25, 0.3) is 0 Å². The van der Waals surface area contributed by atoms with Gasteiger partial charge < -0.3 is 14.6 Å². The molecule has 3 rings (SSSR count). The number of nitrogens with one attached hydrogen (secondary N) is 2. The van der Waals surface area contributed by atoms with Crippen molar-refractivity contribution in [2.24, 2.45) is 5.10 Å². The quantitative estimate of drug-likeness (QED) is 0.361. The summed E-state index contributed by atoms with van der Waals surface area (Å²) in [6.07, 6.45) is 1.53. The molecule has 0 aliphatic carbocycles. The molecule has 0 saturated heterocycles. The zero-order valence-electron chi connectivity index (χ0n) is 19.2. The monoisotopic (exact) mass is 432 g/mol. The fourth-order valence-corrected chi connectivity index (χ4v) is 3.48. The number of aryl methyl sites for hydroxylation is 4. The Bertz CT molecular complexity index is 1210. The molecule has 1 heterocycles. The zero-order valence-corrected chi connectivity index (χ0v) is 19.2. The number of hydrazone groups is 1. The summed E-state index contributed by atoms with van der Waals surface area (Å²) in [7, 11) is 1.64. The first kappa shape index (κ1) is 22.8. The van der Waals surface area contributed by atoms with Crippen LogP contribution in [0.4, 0.5) is 5.69 Å². The number of hydrogen-bond acceptors (Lipinski definition) is 4. The molecule has 0 aliphatic heterocycles. The van der Waals surface area contributed by atoms with E-state index in [4.69, 9.17) is 4.74 Å². The van der Waals surface area contributed by atoms with Crippen molar-refractivity contribution in [2.45, 2.75) is 34.6 Å². The van der Waals surface area contributed by atoms with Crippen LogP contribution >= 0.6 is 0 Å². The Balaban J connectivity index is 1.73. The molecule has 0 saturated carbocycles. The van der Waals surface area contributed by atoms with E-state index in [1.165, 1.54) is 6.21 Å². The SMILES string of the molecule is COc1ccc(C)cc1-n1c(C)cc(/C=N\NC(=O)C(=O)Nc2ccc(C)c(C)c2)c1C. The second-order valence-corrected chi connectivity index (χ2v) is 7.79. The van der Waals surface area contributed by atoms with Gasteiger partial charge in [-0.15, -0.1) is 0 Å². The van der Waals surface area contributed by atoms with Gasteiger partial charge in [0.1, 0.15) is 5.75 Å². The van der Waals surface area contributed by atoms with Gasteiger partial charge in [0.15, 0.2) is 0 Å². The minimum Gasteiger partial charge on any atom is -0.495 e. The maximum Gasteiger partial charge on any atom is 0.329 e. The van der Waals surface area contributed by atoms with Gasteiger partial charge >= 0.3 is 11.8 Å². The summed E-state index contributed by atoms with van der Waals surface area (Å²) in [5.41, 5.74) is 9.78. The fourth-order valence-electron chi connectivity index (χ4n) is 3.48. The summed E-state index contributed by atoms with van der Waals surface area (Å²) in [6.45, 7) is 9.90. The van der Waals surface area contributed by atoms with E-state index in [0.29, 0.717) is 5.69 Å². The number of ether oxygens (including phenoxy) is 1. The lowest BCUT2D eigenvalue weighted by atomic mass is 10.1. The zero-order chi connectivity index (χ0) is 23.4. The van der Waals surface area contributed by atoms with Crippen LogP contribution in [0.25, 0.3) is 5.69 Å². The first-order chi connectivity index (χ1) is 15.2. The van der Waals surface area contributed by atoms with Crippen molar-refractivity contribution >= 4 is 23.7 Å². The summed E-state index contributed by atoms with van der Waals surface area (Å²) in [5.74, 6) is -0.855. The molecular weight excluding hydrogens is 404 g/mol. The second kappa shape index (κ2) is 9.51. The van der Waals surface area contributed by atoms with E-state index in [1.807, 2.05) is 65.0 Å². The number of benzene rings is 2. The highest BCUT2D eigenvalue weighted by atomic mass is 16.5. The molecule has 1 aromatic heterocycles. The summed E-state index contributed by atoms with van der Waals surface area (Å²) in [6, 6.07) is 13.4. The maximum absolute atomic E-state index is 12.1. The van der Waals surface area contributed by atoms with Gasteiger partial charge in [-0.3, -0.25) is 9.59 Å². The molecular formula is C25H28N4O3. The normalized spacial score (nSPS) is 10.9. The van der Waals surface area contributed by atoms with Crippen LogP contribution in [-0.2, 0) is 9.59 Å². The van der Waals surface area contributed by atoms with Gasteiger partial charge in [-0.25, -0.2) is 5.43 Å². The Labute approximate surface area is 188 Å². The Morgan fingerprint density at radius 1 is 0.938 bits per heavy atom. The fraction of sp³-hybridized carbons (Fsp3) is 0.240. The van der Waals surface area contributed by atoms with Crippen LogP contribution in [0.5, 0.6) is 5.75 Å². The van der Waals surface area contributed by atoms with Crippen LogP contribution in [0.2, 0.25) is 0 Å². The first-order valence-electron chi connectivity index (χ1n) is 10.3. The Hall–Kier alpha value is -3.87. The number of methoxy groups -OCH3 is 1. The van der Waals surface area contributed by atoms with Crippen molar-refractivity contribution in [1.82, 2.24) is 9.99 Å². The molecule has 0 aliphatic rings. The number of nitrogens with zero attached hydrogens (tertiary/aromatic N) is 2. The molecule has 2 amide bonds. The third kappa shape index (κ3) is 4.88. The van der Waals surface area contributed by atoms with Crippen molar-refractivity contribution in [2.75, 3.05) is 12.4 Å². The highest BCUT2D eigenvalue weighted by Crippen LogP contribution is 2.28. The topological polar surface area (TPSA) is 84.7 Å². The van der Waals surface area contributed by atoms with E-state index in [2.05, 4.69) is 26.5 Å². The molecule has 7 nitrogen and oxygen atoms in total. The van der Waals surface area contributed by atoms with E-state index in [9.17, 15) is 9.59 Å². The number of carbonyl (C=O) groups is 2. The molecule has 32 heavy (non-hydrogen) atoms. The van der Waals surface area contributed by atoms with Crippen molar-refractivity contribution in [3.05, 3.63) is 76.1 Å². The van der Waals surface area contributed by atoms with Gasteiger partial charge in [0.2, 0.25) is 0 Å². The lowest BCUT2D eigenvalue weighted by molar-refractivity contribution is -0.136. The number of rotatable bonds is 5. The average Bonchev–Trinajstić information content (AvgIpc) is 3.03. The van der Waals surface area contributed by atoms with E-state index in [0.717, 1.165) is 45.1 Å². The van der Waals surface area contributed by atoms with Crippen LogP contribution in [0.1, 0.15) is 33.6 Å². The van der Waals surface area contributed by atoms with Crippen LogP contribution < -0.4 is 15.5 Å². The molecule has 3 aromatic rings. The largest absolute Gasteiger partial charge is 0.495 e. The third-order valence-electron chi connectivity index (χ3n) is 5.39. The average molecular weight is 433 g/mol.